The highest BCUT2D eigenvalue weighted by Gasteiger charge is 2.22. The van der Waals surface area contributed by atoms with Crippen molar-refractivity contribution >= 4 is 50.1 Å². The quantitative estimate of drug-likeness (QED) is 0.0624. The summed E-state index contributed by atoms with van der Waals surface area (Å²) in [6.45, 7) is 24.8. The number of anilines is 6. The molecule has 90 heavy (non-hydrogen) atoms. The van der Waals surface area contributed by atoms with E-state index in [2.05, 4.69) is 320 Å². The van der Waals surface area contributed by atoms with Crippen molar-refractivity contribution < 1.29 is 0 Å². The molecule has 0 amide bonds. The fraction of sp³-hybridized carbons (Fsp3) is 0.241. The summed E-state index contributed by atoms with van der Waals surface area (Å²) < 4.78 is 1.08. The van der Waals surface area contributed by atoms with Crippen molar-refractivity contribution in [3.63, 3.8) is 0 Å². The second-order valence-corrected chi connectivity index (χ2v) is 26.5. The maximum absolute atomic E-state index is 3.64. The Hall–Kier alpha value is -8.50. The number of aryl methyl sites for hydroxylation is 11. The molecular formula is C87H89BrN2. The van der Waals surface area contributed by atoms with Crippen LogP contribution in [0.15, 0.2) is 223 Å². The molecule has 11 aromatic carbocycles. The Balaban J connectivity index is 0.995. The van der Waals surface area contributed by atoms with E-state index >= 15 is 0 Å². The zero-order valence-corrected chi connectivity index (χ0v) is 56.7. The number of rotatable bonds is 22. The van der Waals surface area contributed by atoms with Gasteiger partial charge in [0.2, 0.25) is 0 Å². The molecule has 0 aromatic heterocycles. The molecule has 0 bridgehead atoms. The van der Waals surface area contributed by atoms with Gasteiger partial charge in [-0.25, -0.2) is 0 Å². The predicted octanol–water partition coefficient (Wildman–Crippen LogP) is 26.4. The summed E-state index contributed by atoms with van der Waals surface area (Å²) in [4.78, 5) is 4.88. The SMILES string of the molecule is CCCCCCc1cc(-c2ccc(N(c3ccc(-c4ccc(Br)cc4)cc3)c3ccc(-c4c(C)cc(C)cc4C)cc3)cc2C)c(CCCCCC)cc1-c1ccc(N(c2ccc(-c3ccc(C)cc3)cc2)c2ccc(-c3c(C)cc(C)cc3C)cc2)cc1C. The van der Waals surface area contributed by atoms with Gasteiger partial charge in [0.05, 0.1) is 0 Å². The van der Waals surface area contributed by atoms with Crippen LogP contribution in [-0.2, 0) is 12.8 Å². The van der Waals surface area contributed by atoms with Gasteiger partial charge in [-0.3, -0.25) is 0 Å². The zero-order chi connectivity index (χ0) is 63.0. The van der Waals surface area contributed by atoms with Crippen LogP contribution in [0.2, 0.25) is 0 Å². The van der Waals surface area contributed by atoms with E-state index in [1.807, 2.05) is 0 Å². The Labute approximate surface area is 547 Å². The molecular weight excluding hydrogens is 1150 g/mol. The largest absolute Gasteiger partial charge is 0.310 e. The van der Waals surface area contributed by atoms with Gasteiger partial charge in [0.25, 0.3) is 0 Å². The van der Waals surface area contributed by atoms with Crippen LogP contribution >= 0.6 is 15.9 Å². The van der Waals surface area contributed by atoms with E-state index in [-0.39, 0.29) is 0 Å². The topological polar surface area (TPSA) is 6.48 Å². The van der Waals surface area contributed by atoms with Crippen LogP contribution in [0.3, 0.4) is 0 Å². The fourth-order valence-corrected chi connectivity index (χ4v) is 14.2. The summed E-state index contributed by atoms with van der Waals surface area (Å²) >= 11 is 3.64. The second kappa shape index (κ2) is 28.5. The maximum Gasteiger partial charge on any atom is 0.0464 e. The van der Waals surface area contributed by atoms with Crippen molar-refractivity contribution in [2.75, 3.05) is 9.80 Å². The normalized spacial score (nSPS) is 11.3. The van der Waals surface area contributed by atoms with Gasteiger partial charge in [-0.15, -0.1) is 0 Å². The van der Waals surface area contributed by atoms with Crippen molar-refractivity contribution in [1.29, 1.82) is 0 Å². The lowest BCUT2D eigenvalue weighted by Gasteiger charge is -2.28. The number of benzene rings is 11. The molecule has 0 aliphatic carbocycles. The molecule has 0 saturated heterocycles. The smallest absolute Gasteiger partial charge is 0.0464 e. The summed E-state index contributed by atoms with van der Waals surface area (Å²) in [5.41, 5.74) is 36.6. The van der Waals surface area contributed by atoms with Gasteiger partial charge in [-0.2, -0.15) is 0 Å². The van der Waals surface area contributed by atoms with E-state index < -0.39 is 0 Å². The Morgan fingerprint density at radius 1 is 0.256 bits per heavy atom. The minimum atomic E-state index is 1.03. The fourth-order valence-electron chi connectivity index (χ4n) is 14.0. The maximum atomic E-state index is 3.64. The van der Waals surface area contributed by atoms with Gasteiger partial charge in [0.15, 0.2) is 0 Å². The molecule has 2 nitrogen and oxygen atoms in total. The molecule has 454 valence electrons. The summed E-state index contributed by atoms with van der Waals surface area (Å²) in [5, 5.41) is 0. The molecule has 11 rings (SSSR count). The van der Waals surface area contributed by atoms with Crippen molar-refractivity contribution in [2.45, 2.75) is 140 Å². The zero-order valence-electron chi connectivity index (χ0n) is 55.1. The van der Waals surface area contributed by atoms with E-state index in [1.165, 1.54) is 166 Å². The molecule has 0 spiro atoms. The third-order valence-corrected chi connectivity index (χ3v) is 19.0. The van der Waals surface area contributed by atoms with Crippen LogP contribution in [0.5, 0.6) is 0 Å². The lowest BCUT2D eigenvalue weighted by atomic mass is 9.84. The van der Waals surface area contributed by atoms with Gasteiger partial charge >= 0.3 is 0 Å². The summed E-state index contributed by atoms with van der Waals surface area (Å²) in [5.74, 6) is 0. The lowest BCUT2D eigenvalue weighted by Crippen LogP contribution is -2.10. The number of unbranched alkanes of at least 4 members (excludes halogenated alkanes) is 6. The summed E-state index contributed by atoms with van der Waals surface area (Å²) in [6, 6.07) is 83.0. The highest BCUT2D eigenvalue weighted by atomic mass is 79.9. The van der Waals surface area contributed by atoms with E-state index in [0.29, 0.717) is 0 Å². The van der Waals surface area contributed by atoms with Crippen LogP contribution < -0.4 is 9.80 Å². The van der Waals surface area contributed by atoms with Gasteiger partial charge < -0.3 is 9.80 Å². The molecule has 0 unspecified atom stereocenters. The van der Waals surface area contributed by atoms with Gasteiger partial charge in [0, 0.05) is 38.6 Å². The molecule has 0 radical (unpaired) electrons. The van der Waals surface area contributed by atoms with Crippen LogP contribution in [0.4, 0.5) is 34.1 Å². The first-order valence-corrected chi connectivity index (χ1v) is 33.8. The standard InChI is InChI=1S/C87H89BrN2/c1-12-14-16-18-20-73-57-85(83-49-47-81(55-62(83)7)90(77-40-30-70(31-41-77)68-26-36-75(88)37-27-68)79-44-34-72(35-45-79)87-65(10)52-60(5)53-66(87)11)74(21-19-17-15-13-2)56-84(73)82-48-46-80(54-61(82)6)89(76-38-28-69(29-39-76)67-24-22-58(3)23-25-67)78-42-32-71(33-43-78)86-63(8)50-59(4)51-64(86)9/h22-57H,12-21H2,1-11H3. The third-order valence-electron chi connectivity index (χ3n) is 18.4. The van der Waals surface area contributed by atoms with Crippen LogP contribution in [-0.4, -0.2) is 0 Å². The summed E-state index contributed by atoms with van der Waals surface area (Å²) in [6.07, 6.45) is 11.7. The summed E-state index contributed by atoms with van der Waals surface area (Å²) in [7, 11) is 0. The third kappa shape index (κ3) is 14.2. The monoisotopic (exact) mass is 1240 g/mol. The average molecular weight is 1240 g/mol. The Morgan fingerprint density at radius 3 is 0.878 bits per heavy atom. The van der Waals surface area contributed by atoms with Crippen molar-refractivity contribution in [3.05, 3.63) is 284 Å². The predicted molar refractivity (Wildman–Crippen MR) is 394 cm³/mol. The highest BCUT2D eigenvalue weighted by molar-refractivity contribution is 9.10. The van der Waals surface area contributed by atoms with Gasteiger partial charge in [0.1, 0.15) is 0 Å². The first-order chi connectivity index (χ1) is 43.6. The van der Waals surface area contributed by atoms with E-state index in [4.69, 9.17) is 0 Å². The molecule has 0 atom stereocenters. The molecule has 3 heteroatoms. The number of nitrogens with zero attached hydrogens (tertiary/aromatic N) is 2. The first kappa shape index (κ1) is 63.1. The minimum absolute atomic E-state index is 1.03. The van der Waals surface area contributed by atoms with E-state index in [0.717, 1.165) is 64.3 Å². The first-order valence-electron chi connectivity index (χ1n) is 33.0. The van der Waals surface area contributed by atoms with Crippen LogP contribution in [0, 0.1) is 62.3 Å². The van der Waals surface area contributed by atoms with Gasteiger partial charge in [-0.05, 0) is 284 Å². The second-order valence-electron chi connectivity index (χ2n) is 25.6. The highest BCUT2D eigenvalue weighted by Crippen LogP contribution is 2.45. The molecule has 0 heterocycles. The minimum Gasteiger partial charge on any atom is -0.310 e. The molecule has 0 aliphatic rings. The van der Waals surface area contributed by atoms with Crippen molar-refractivity contribution in [2.24, 2.45) is 0 Å². The van der Waals surface area contributed by atoms with E-state index in [9.17, 15) is 0 Å². The molecule has 0 N–H and O–H groups in total. The Bertz CT molecular complexity index is 3940. The molecule has 11 aromatic rings. The van der Waals surface area contributed by atoms with Crippen LogP contribution in [0.1, 0.15) is 126 Å². The van der Waals surface area contributed by atoms with E-state index in [1.54, 1.807) is 0 Å². The number of halogens is 1. The van der Waals surface area contributed by atoms with Gasteiger partial charge in [-0.1, -0.05) is 218 Å². The van der Waals surface area contributed by atoms with Crippen molar-refractivity contribution in [3.8, 4) is 66.8 Å². The molecule has 0 fully saturated rings. The molecule has 0 aliphatic heterocycles. The van der Waals surface area contributed by atoms with Crippen LogP contribution in [0.25, 0.3) is 66.8 Å². The lowest BCUT2D eigenvalue weighted by molar-refractivity contribution is 0.664. The average Bonchev–Trinajstić information content (AvgIpc) is 0.925. The number of hydrogen-bond donors (Lipinski definition) is 0. The molecule has 0 saturated carbocycles. The van der Waals surface area contributed by atoms with Crippen molar-refractivity contribution in [1.82, 2.24) is 0 Å². The Morgan fingerprint density at radius 2 is 0.556 bits per heavy atom. The Kier molecular flexibility index (Phi) is 20.0. The number of hydrogen-bond acceptors (Lipinski definition) is 2.